The number of hydrogen-bond donors (Lipinski definition) is 1. The van der Waals surface area contributed by atoms with Crippen LogP contribution in [0.1, 0.15) is 53.3 Å². The summed E-state index contributed by atoms with van der Waals surface area (Å²) < 4.78 is 42.7. The molecule has 0 radical (unpaired) electrons. The highest BCUT2D eigenvalue weighted by atomic mass is 32.1. The molecule has 1 aliphatic carbocycles. The van der Waals surface area contributed by atoms with Crippen LogP contribution in [0.15, 0.2) is 18.6 Å². The minimum atomic E-state index is -4.39. The van der Waals surface area contributed by atoms with Crippen molar-refractivity contribution in [3.8, 4) is 22.0 Å². The summed E-state index contributed by atoms with van der Waals surface area (Å²) in [7, 11) is 0. The molecule has 0 aromatic carbocycles. The van der Waals surface area contributed by atoms with Gasteiger partial charge in [-0.05, 0) is 76.1 Å². The van der Waals surface area contributed by atoms with E-state index in [1.807, 2.05) is 13.8 Å². The third kappa shape index (κ3) is 4.66. The molecule has 0 bridgehead atoms. The number of H-pyrrole nitrogens is 1. The van der Waals surface area contributed by atoms with E-state index < -0.39 is 12.6 Å². The van der Waals surface area contributed by atoms with E-state index in [1.54, 1.807) is 16.8 Å². The zero-order valence-corrected chi connectivity index (χ0v) is 21.1. The van der Waals surface area contributed by atoms with Crippen LogP contribution in [-0.4, -0.2) is 60.5 Å². The fourth-order valence-corrected chi connectivity index (χ4v) is 6.57. The van der Waals surface area contributed by atoms with Crippen LogP contribution in [0.25, 0.3) is 27.6 Å². The summed E-state index contributed by atoms with van der Waals surface area (Å²) in [6, 6.07) is 1.80. The van der Waals surface area contributed by atoms with Gasteiger partial charge in [0.2, 0.25) is 0 Å². The van der Waals surface area contributed by atoms with E-state index in [9.17, 15) is 13.2 Å². The van der Waals surface area contributed by atoms with Crippen molar-refractivity contribution in [3.63, 3.8) is 0 Å². The molecule has 11 heteroatoms. The topological polar surface area (TPSA) is 75.0 Å². The third-order valence-electron chi connectivity index (χ3n) is 7.29. The van der Waals surface area contributed by atoms with Crippen molar-refractivity contribution >= 4 is 17.0 Å². The van der Waals surface area contributed by atoms with Gasteiger partial charge >= 0.3 is 6.18 Å². The Kier molecular flexibility index (Phi) is 5.87. The number of pyridine rings is 1. The molecule has 36 heavy (non-hydrogen) atoms. The van der Waals surface area contributed by atoms with Gasteiger partial charge in [-0.1, -0.05) is 0 Å². The van der Waals surface area contributed by atoms with Gasteiger partial charge in [0.15, 0.2) is 5.65 Å². The maximum Gasteiger partial charge on any atom is 0.393 e. The Morgan fingerprint density at radius 2 is 1.92 bits per heavy atom. The molecular formula is C25H28F3N7S. The van der Waals surface area contributed by atoms with Crippen LogP contribution in [0.5, 0.6) is 0 Å². The Morgan fingerprint density at radius 1 is 1.14 bits per heavy atom. The molecule has 2 fully saturated rings. The molecule has 4 aromatic heterocycles. The lowest BCUT2D eigenvalue weighted by Crippen LogP contribution is -2.34. The van der Waals surface area contributed by atoms with Gasteiger partial charge in [0, 0.05) is 28.7 Å². The summed E-state index contributed by atoms with van der Waals surface area (Å²) in [5.74, 6) is 1.28. The Balaban J connectivity index is 1.33. The normalized spacial score (nSPS) is 17.9. The molecule has 6 rings (SSSR count). The number of fused-ring (bicyclic) bond motifs is 1. The van der Waals surface area contributed by atoms with Crippen LogP contribution in [0.4, 0.5) is 13.2 Å². The molecule has 1 saturated heterocycles. The molecule has 0 unspecified atom stereocenters. The van der Waals surface area contributed by atoms with Crippen LogP contribution in [0.3, 0.4) is 0 Å². The predicted molar refractivity (Wildman–Crippen MR) is 132 cm³/mol. The van der Waals surface area contributed by atoms with Crippen molar-refractivity contribution in [1.29, 1.82) is 0 Å². The van der Waals surface area contributed by atoms with Crippen LogP contribution >= 0.6 is 11.3 Å². The van der Waals surface area contributed by atoms with Gasteiger partial charge in [0.1, 0.15) is 11.3 Å². The smallest absolute Gasteiger partial charge is 0.303 e. The van der Waals surface area contributed by atoms with Crippen LogP contribution in [-0.2, 0) is 6.42 Å². The van der Waals surface area contributed by atoms with Gasteiger partial charge in [0.05, 0.1) is 23.5 Å². The quantitative estimate of drug-likeness (QED) is 0.364. The number of aromatic amines is 1. The molecule has 190 valence electrons. The number of likely N-dealkylation sites (tertiary alicyclic amines) is 1. The van der Waals surface area contributed by atoms with Crippen molar-refractivity contribution < 1.29 is 13.2 Å². The molecule has 4 aromatic rings. The number of nitrogens with one attached hydrogen (secondary N) is 1. The molecule has 0 amide bonds. The molecule has 7 nitrogen and oxygen atoms in total. The molecule has 5 heterocycles. The molecule has 1 aliphatic heterocycles. The minimum absolute atomic E-state index is 0.112. The lowest BCUT2D eigenvalue weighted by atomic mass is 9.94. The highest BCUT2D eigenvalue weighted by Crippen LogP contribution is 2.41. The number of nitrogens with zero attached hydrogens (tertiary/aromatic N) is 6. The average Bonchev–Trinajstić information content (AvgIpc) is 3.18. The van der Waals surface area contributed by atoms with E-state index in [4.69, 9.17) is 4.98 Å². The number of piperidine rings is 1. The monoisotopic (exact) mass is 515 g/mol. The minimum Gasteiger partial charge on any atom is -0.303 e. The first-order valence-corrected chi connectivity index (χ1v) is 13.2. The lowest BCUT2D eigenvalue weighted by Gasteiger charge is -2.31. The highest BCUT2D eigenvalue weighted by Gasteiger charge is 2.34. The Morgan fingerprint density at radius 3 is 2.64 bits per heavy atom. The average molecular weight is 516 g/mol. The third-order valence-corrected chi connectivity index (χ3v) is 8.63. The van der Waals surface area contributed by atoms with Gasteiger partial charge in [-0.15, -0.1) is 11.3 Å². The van der Waals surface area contributed by atoms with E-state index in [-0.39, 0.29) is 11.3 Å². The van der Waals surface area contributed by atoms with E-state index in [2.05, 4.69) is 25.2 Å². The summed E-state index contributed by atoms with van der Waals surface area (Å²) >= 11 is 1.51. The summed E-state index contributed by atoms with van der Waals surface area (Å²) in [6.45, 7) is 7.18. The van der Waals surface area contributed by atoms with E-state index in [0.717, 1.165) is 43.1 Å². The number of aryl methyl sites for hydroxylation is 2. The maximum atomic E-state index is 13.7. The number of alkyl halides is 3. The van der Waals surface area contributed by atoms with Crippen molar-refractivity contribution in [2.24, 2.45) is 5.92 Å². The molecule has 0 atom stereocenters. The summed E-state index contributed by atoms with van der Waals surface area (Å²) in [5, 5.41) is 12.0. The number of thiazole rings is 1. The lowest BCUT2D eigenvalue weighted by molar-refractivity contribution is -0.127. The standard InChI is InChI=1S/C25H28F3N7S/c1-14-9-18(12-35-23(14)29-13-30-35)20-19(10-25(26,27)28)21(33-32-20)24-31-15(2)22(36-24)17-5-7-34(8-6-17)11-16-3-4-16/h9,12-13,16-17H,3-8,10-11H2,1-2H3,(H,32,33). The second-order valence-electron chi connectivity index (χ2n) is 10.1. The number of rotatable bonds is 6. The second-order valence-corrected chi connectivity index (χ2v) is 11.2. The van der Waals surface area contributed by atoms with E-state index >= 15 is 0 Å². The van der Waals surface area contributed by atoms with Crippen molar-refractivity contribution in [3.05, 3.63) is 40.3 Å². The molecule has 2 aliphatic rings. The Bertz CT molecular complexity index is 1390. The van der Waals surface area contributed by atoms with Crippen molar-refractivity contribution in [2.45, 2.75) is 58.0 Å². The Hall–Kier alpha value is -2.79. The first kappa shape index (κ1) is 23.6. The van der Waals surface area contributed by atoms with Gasteiger partial charge in [-0.25, -0.2) is 14.5 Å². The highest BCUT2D eigenvalue weighted by molar-refractivity contribution is 7.15. The van der Waals surface area contributed by atoms with Gasteiger partial charge in [-0.3, -0.25) is 5.10 Å². The summed E-state index contributed by atoms with van der Waals surface area (Å²) in [6.07, 6.45) is 2.47. The largest absolute Gasteiger partial charge is 0.393 e. The fourth-order valence-electron chi connectivity index (χ4n) is 5.31. The zero-order chi connectivity index (χ0) is 25.0. The summed E-state index contributed by atoms with van der Waals surface area (Å²) in [4.78, 5) is 12.7. The zero-order valence-electron chi connectivity index (χ0n) is 20.3. The number of halogens is 3. The molecular weight excluding hydrogens is 487 g/mol. The first-order valence-electron chi connectivity index (χ1n) is 12.4. The van der Waals surface area contributed by atoms with E-state index in [1.165, 1.54) is 41.9 Å². The second kappa shape index (κ2) is 8.95. The predicted octanol–water partition coefficient (Wildman–Crippen LogP) is 5.55. The van der Waals surface area contributed by atoms with E-state index in [0.29, 0.717) is 27.8 Å². The van der Waals surface area contributed by atoms with Crippen LogP contribution < -0.4 is 0 Å². The number of aromatic nitrogens is 6. The maximum absolute atomic E-state index is 13.7. The van der Waals surface area contributed by atoms with Crippen molar-refractivity contribution in [1.82, 2.24) is 34.7 Å². The SMILES string of the molecule is Cc1nc(-c2[nH]nc(-c3cc(C)c4ncnn4c3)c2CC(F)(F)F)sc1C1CCN(CC2CC2)CC1. The molecule has 0 spiro atoms. The molecule has 1 saturated carbocycles. The molecule has 1 N–H and O–H groups in total. The van der Waals surface area contributed by atoms with Gasteiger partial charge < -0.3 is 4.90 Å². The van der Waals surface area contributed by atoms with Gasteiger partial charge in [0.25, 0.3) is 0 Å². The van der Waals surface area contributed by atoms with Crippen LogP contribution in [0.2, 0.25) is 0 Å². The first-order chi connectivity index (χ1) is 17.2. The van der Waals surface area contributed by atoms with Gasteiger partial charge in [-0.2, -0.15) is 23.4 Å². The number of hydrogen-bond acceptors (Lipinski definition) is 6. The fraction of sp³-hybridized carbons (Fsp3) is 0.520. The van der Waals surface area contributed by atoms with Crippen molar-refractivity contribution in [2.75, 3.05) is 19.6 Å². The summed E-state index contributed by atoms with van der Waals surface area (Å²) in [5.41, 5.74) is 3.67. The van der Waals surface area contributed by atoms with Crippen LogP contribution in [0, 0.1) is 19.8 Å². The Labute approximate surface area is 210 Å².